The summed E-state index contributed by atoms with van der Waals surface area (Å²) < 4.78 is 0. The first-order valence-corrected chi connectivity index (χ1v) is 5.55. The maximum absolute atomic E-state index is 9.50. The van der Waals surface area contributed by atoms with Gasteiger partial charge in [-0.2, -0.15) is 0 Å². The number of rotatable bonds is 2. The van der Waals surface area contributed by atoms with Gasteiger partial charge in [-0.1, -0.05) is 11.6 Å². The lowest BCUT2D eigenvalue weighted by molar-refractivity contribution is 0.124. The first kappa shape index (κ1) is 10.6. The summed E-state index contributed by atoms with van der Waals surface area (Å²) in [7, 11) is 0. The molecule has 2 N–H and O–H groups in total. The molecule has 1 saturated carbocycles. The molecular weight excluding hydrogens is 214 g/mol. The number of hydrogen-bond donors (Lipinski definition) is 2. The fourth-order valence-corrected chi connectivity index (χ4v) is 2.00. The number of nitrogens with zero attached hydrogens (tertiary/aromatic N) is 2. The highest BCUT2D eigenvalue weighted by Crippen LogP contribution is 2.21. The summed E-state index contributed by atoms with van der Waals surface area (Å²) in [4.78, 5) is 0. The van der Waals surface area contributed by atoms with Crippen LogP contribution < -0.4 is 5.32 Å². The van der Waals surface area contributed by atoms with Crippen LogP contribution in [0.15, 0.2) is 12.1 Å². The fourth-order valence-electron chi connectivity index (χ4n) is 1.90. The van der Waals surface area contributed by atoms with E-state index in [2.05, 4.69) is 15.5 Å². The van der Waals surface area contributed by atoms with Crippen LogP contribution in [0.2, 0.25) is 5.15 Å². The van der Waals surface area contributed by atoms with Gasteiger partial charge in [0.15, 0.2) is 5.15 Å². The van der Waals surface area contributed by atoms with Crippen LogP contribution in [0.3, 0.4) is 0 Å². The van der Waals surface area contributed by atoms with Gasteiger partial charge in [0.25, 0.3) is 0 Å². The third-order valence-corrected chi connectivity index (χ3v) is 2.83. The molecule has 0 amide bonds. The first-order valence-electron chi connectivity index (χ1n) is 5.18. The standard InChI is InChI=1S/C10H14ClN3O/c11-9-4-5-10(14-13-9)12-7-2-1-3-8(15)6-7/h4-5,7-8,15H,1-3,6H2,(H,12,14)/t7-,8+/m1/s1. The molecule has 1 heterocycles. The number of halogens is 1. The number of aliphatic hydroxyl groups excluding tert-OH is 1. The second-order valence-corrected chi connectivity index (χ2v) is 4.29. The second kappa shape index (κ2) is 4.77. The minimum absolute atomic E-state index is 0.184. The van der Waals surface area contributed by atoms with Crippen molar-refractivity contribution in [2.75, 3.05) is 5.32 Å². The van der Waals surface area contributed by atoms with Crippen molar-refractivity contribution < 1.29 is 5.11 Å². The first-order chi connectivity index (χ1) is 7.24. The highest BCUT2D eigenvalue weighted by atomic mass is 35.5. The van der Waals surface area contributed by atoms with Gasteiger partial charge in [0.1, 0.15) is 5.82 Å². The van der Waals surface area contributed by atoms with E-state index in [1.807, 2.05) is 0 Å². The molecule has 2 atom stereocenters. The fraction of sp³-hybridized carbons (Fsp3) is 0.600. The normalized spacial score (nSPS) is 26.3. The Kier molecular flexibility index (Phi) is 3.38. The summed E-state index contributed by atoms with van der Waals surface area (Å²) in [6.07, 6.45) is 3.63. The van der Waals surface area contributed by atoms with Crippen molar-refractivity contribution in [3.63, 3.8) is 0 Å². The topological polar surface area (TPSA) is 58.0 Å². The summed E-state index contributed by atoms with van der Waals surface area (Å²) in [6.45, 7) is 0. The van der Waals surface area contributed by atoms with Crippen molar-refractivity contribution in [2.45, 2.75) is 37.8 Å². The van der Waals surface area contributed by atoms with E-state index in [0.717, 1.165) is 31.5 Å². The van der Waals surface area contributed by atoms with E-state index >= 15 is 0 Å². The highest BCUT2D eigenvalue weighted by molar-refractivity contribution is 6.29. The summed E-state index contributed by atoms with van der Waals surface area (Å²) in [5, 5.41) is 20.8. The number of hydrogen-bond acceptors (Lipinski definition) is 4. The average Bonchev–Trinajstić information content (AvgIpc) is 2.22. The molecular formula is C10H14ClN3O. The van der Waals surface area contributed by atoms with Gasteiger partial charge in [-0.05, 0) is 37.8 Å². The molecule has 1 aromatic heterocycles. The Bertz CT molecular complexity index is 317. The van der Waals surface area contributed by atoms with E-state index in [1.165, 1.54) is 0 Å². The van der Waals surface area contributed by atoms with E-state index in [-0.39, 0.29) is 6.10 Å². The van der Waals surface area contributed by atoms with E-state index in [1.54, 1.807) is 12.1 Å². The lowest BCUT2D eigenvalue weighted by Gasteiger charge is -2.26. The van der Waals surface area contributed by atoms with Crippen LogP contribution in [0.4, 0.5) is 5.82 Å². The highest BCUT2D eigenvalue weighted by Gasteiger charge is 2.20. The summed E-state index contributed by atoms with van der Waals surface area (Å²) in [6, 6.07) is 3.80. The molecule has 1 fully saturated rings. The van der Waals surface area contributed by atoms with Gasteiger partial charge >= 0.3 is 0 Å². The molecule has 0 radical (unpaired) electrons. The third kappa shape index (κ3) is 3.04. The zero-order valence-electron chi connectivity index (χ0n) is 8.36. The zero-order chi connectivity index (χ0) is 10.7. The van der Waals surface area contributed by atoms with Crippen molar-refractivity contribution in [1.29, 1.82) is 0 Å². The maximum Gasteiger partial charge on any atom is 0.151 e. The van der Waals surface area contributed by atoms with Crippen LogP contribution in [0, 0.1) is 0 Å². The lowest BCUT2D eigenvalue weighted by atomic mass is 9.93. The van der Waals surface area contributed by atoms with Gasteiger partial charge in [-0.3, -0.25) is 0 Å². The van der Waals surface area contributed by atoms with Crippen LogP contribution in [-0.2, 0) is 0 Å². The van der Waals surface area contributed by atoms with E-state index in [9.17, 15) is 5.11 Å². The van der Waals surface area contributed by atoms with Crippen LogP contribution >= 0.6 is 11.6 Å². The Labute approximate surface area is 93.7 Å². The molecule has 0 spiro atoms. The molecule has 0 saturated heterocycles. The summed E-state index contributed by atoms with van der Waals surface area (Å²) in [5.74, 6) is 0.721. The molecule has 4 nitrogen and oxygen atoms in total. The van der Waals surface area contributed by atoms with Crippen molar-refractivity contribution >= 4 is 17.4 Å². The second-order valence-electron chi connectivity index (χ2n) is 3.90. The van der Waals surface area contributed by atoms with Gasteiger partial charge in [-0.25, -0.2) is 0 Å². The van der Waals surface area contributed by atoms with Crippen molar-refractivity contribution in [3.8, 4) is 0 Å². The van der Waals surface area contributed by atoms with Crippen molar-refractivity contribution in [3.05, 3.63) is 17.3 Å². The third-order valence-electron chi connectivity index (χ3n) is 2.63. The Morgan fingerprint density at radius 3 is 2.87 bits per heavy atom. The van der Waals surface area contributed by atoms with Crippen LogP contribution in [0.5, 0.6) is 0 Å². The van der Waals surface area contributed by atoms with Crippen molar-refractivity contribution in [2.24, 2.45) is 0 Å². The number of nitrogens with one attached hydrogen (secondary N) is 1. The minimum Gasteiger partial charge on any atom is -0.393 e. The molecule has 1 aliphatic carbocycles. The zero-order valence-corrected chi connectivity index (χ0v) is 9.11. The Hall–Kier alpha value is -0.870. The number of anilines is 1. The average molecular weight is 228 g/mol. The van der Waals surface area contributed by atoms with Crippen LogP contribution in [0.1, 0.15) is 25.7 Å². The summed E-state index contributed by atoms with van der Waals surface area (Å²) >= 11 is 5.64. The summed E-state index contributed by atoms with van der Waals surface area (Å²) in [5.41, 5.74) is 0. The van der Waals surface area contributed by atoms with Gasteiger partial charge in [0.2, 0.25) is 0 Å². The van der Waals surface area contributed by atoms with E-state index in [4.69, 9.17) is 11.6 Å². The predicted octanol–water partition coefficient (Wildman–Crippen LogP) is 1.85. The Morgan fingerprint density at radius 2 is 2.20 bits per heavy atom. The molecule has 0 aromatic carbocycles. The molecule has 15 heavy (non-hydrogen) atoms. The molecule has 5 heteroatoms. The Morgan fingerprint density at radius 1 is 1.33 bits per heavy atom. The SMILES string of the molecule is O[C@H]1CCC[C@@H](Nc2ccc(Cl)nn2)C1. The van der Waals surface area contributed by atoms with Crippen molar-refractivity contribution in [1.82, 2.24) is 10.2 Å². The quantitative estimate of drug-likeness (QED) is 0.810. The van der Waals surface area contributed by atoms with Crippen LogP contribution in [0.25, 0.3) is 0 Å². The molecule has 1 aromatic rings. The molecule has 0 bridgehead atoms. The molecule has 82 valence electrons. The van der Waals surface area contributed by atoms with E-state index in [0.29, 0.717) is 11.2 Å². The molecule has 2 rings (SSSR count). The van der Waals surface area contributed by atoms with Gasteiger partial charge in [0.05, 0.1) is 6.10 Å². The molecule has 0 aliphatic heterocycles. The minimum atomic E-state index is -0.184. The van der Waals surface area contributed by atoms with E-state index < -0.39 is 0 Å². The molecule has 0 unspecified atom stereocenters. The molecule has 1 aliphatic rings. The number of aromatic nitrogens is 2. The smallest absolute Gasteiger partial charge is 0.151 e. The number of aliphatic hydroxyl groups is 1. The maximum atomic E-state index is 9.50. The predicted molar refractivity (Wildman–Crippen MR) is 58.9 cm³/mol. The lowest BCUT2D eigenvalue weighted by Crippen LogP contribution is -2.30. The van der Waals surface area contributed by atoms with Crippen LogP contribution in [-0.4, -0.2) is 27.4 Å². The van der Waals surface area contributed by atoms with Gasteiger partial charge < -0.3 is 10.4 Å². The largest absolute Gasteiger partial charge is 0.393 e. The van der Waals surface area contributed by atoms with Gasteiger partial charge in [0, 0.05) is 6.04 Å². The van der Waals surface area contributed by atoms with Gasteiger partial charge in [-0.15, -0.1) is 10.2 Å². The Balaban J connectivity index is 1.93. The monoisotopic (exact) mass is 227 g/mol.